The van der Waals surface area contributed by atoms with Crippen molar-refractivity contribution in [1.29, 1.82) is 0 Å². The third kappa shape index (κ3) is 6.21. The van der Waals surface area contributed by atoms with Crippen molar-refractivity contribution in [3.63, 3.8) is 0 Å². The Balaban J connectivity index is 1.51. The molecule has 0 radical (unpaired) electrons. The van der Waals surface area contributed by atoms with Gasteiger partial charge in [-0.05, 0) is 19.8 Å². The van der Waals surface area contributed by atoms with Gasteiger partial charge in [0.15, 0.2) is 0 Å². The number of rotatable bonds is 8. The summed E-state index contributed by atoms with van der Waals surface area (Å²) in [6.45, 7) is 7.21. The van der Waals surface area contributed by atoms with Crippen LogP contribution in [0.4, 0.5) is 0 Å². The van der Waals surface area contributed by atoms with Gasteiger partial charge >= 0.3 is 0 Å². The molecule has 1 atom stereocenters. The van der Waals surface area contributed by atoms with E-state index >= 15 is 0 Å². The van der Waals surface area contributed by atoms with Crippen molar-refractivity contribution in [2.45, 2.75) is 38.3 Å². The first kappa shape index (κ1) is 20.1. The number of morpholine rings is 1. The van der Waals surface area contributed by atoms with E-state index in [9.17, 15) is 4.79 Å². The first-order chi connectivity index (χ1) is 13.3. The molecule has 0 aliphatic carbocycles. The van der Waals surface area contributed by atoms with Crippen LogP contribution in [0.5, 0.6) is 0 Å². The Bertz CT molecular complexity index is 595. The van der Waals surface area contributed by atoms with Crippen molar-refractivity contribution in [2.75, 3.05) is 52.7 Å². The number of hydrogen-bond acceptors (Lipinski definition) is 7. The Labute approximate surface area is 160 Å². The van der Waals surface area contributed by atoms with Gasteiger partial charge in [0.2, 0.25) is 5.91 Å². The fourth-order valence-electron chi connectivity index (χ4n) is 3.50. The molecule has 1 amide bonds. The average Bonchev–Trinajstić information content (AvgIpc) is 2.73. The van der Waals surface area contributed by atoms with Crippen LogP contribution in [0.15, 0.2) is 12.4 Å². The Morgan fingerprint density at radius 1 is 1.33 bits per heavy atom. The summed E-state index contributed by atoms with van der Waals surface area (Å²) in [4.78, 5) is 23.1. The van der Waals surface area contributed by atoms with E-state index in [0.717, 1.165) is 50.5 Å². The van der Waals surface area contributed by atoms with Crippen LogP contribution in [-0.2, 0) is 25.4 Å². The maximum Gasteiger partial charge on any atom is 0.246 e. The monoisotopic (exact) mass is 378 g/mol. The van der Waals surface area contributed by atoms with Gasteiger partial charge in [-0.15, -0.1) is 0 Å². The molecule has 150 valence electrons. The van der Waals surface area contributed by atoms with Crippen LogP contribution in [0.3, 0.4) is 0 Å². The lowest BCUT2D eigenvalue weighted by Gasteiger charge is -2.39. The fourth-order valence-corrected chi connectivity index (χ4v) is 3.50. The molecule has 1 aromatic heterocycles. The summed E-state index contributed by atoms with van der Waals surface area (Å²) < 4.78 is 16.5. The van der Waals surface area contributed by atoms with E-state index in [0.29, 0.717) is 32.2 Å². The molecule has 8 heteroatoms. The number of carbonyl (C=O) groups is 1. The Morgan fingerprint density at radius 3 is 3.00 bits per heavy atom. The van der Waals surface area contributed by atoms with Gasteiger partial charge < -0.3 is 19.5 Å². The minimum absolute atomic E-state index is 0.0541. The molecule has 2 saturated heterocycles. The molecule has 1 N–H and O–H groups in total. The van der Waals surface area contributed by atoms with Gasteiger partial charge in [0.1, 0.15) is 12.7 Å². The van der Waals surface area contributed by atoms with Gasteiger partial charge in [-0.25, -0.2) is 0 Å². The molecule has 3 heterocycles. The maximum atomic E-state index is 11.6. The zero-order valence-electron chi connectivity index (χ0n) is 16.1. The highest BCUT2D eigenvalue weighted by molar-refractivity contribution is 5.77. The topological polar surface area (TPSA) is 85.8 Å². The van der Waals surface area contributed by atoms with E-state index in [2.05, 4.69) is 15.2 Å². The van der Waals surface area contributed by atoms with E-state index in [1.165, 1.54) is 0 Å². The van der Waals surface area contributed by atoms with Crippen LogP contribution < -0.4 is 5.32 Å². The number of hydrogen-bond donors (Lipinski definition) is 1. The van der Waals surface area contributed by atoms with Gasteiger partial charge in [0, 0.05) is 58.1 Å². The lowest BCUT2D eigenvalue weighted by atomic mass is 10.1. The summed E-state index contributed by atoms with van der Waals surface area (Å²) in [5.74, 6) is -0.108. The van der Waals surface area contributed by atoms with E-state index in [4.69, 9.17) is 19.2 Å². The van der Waals surface area contributed by atoms with Crippen LogP contribution in [-0.4, -0.2) is 79.5 Å². The minimum atomic E-state index is -0.108. The second-order valence-corrected chi connectivity index (χ2v) is 6.87. The van der Waals surface area contributed by atoms with Crippen LogP contribution in [0, 0.1) is 0 Å². The minimum Gasteiger partial charge on any atom is -0.381 e. The molecular formula is C19H30N4O4. The van der Waals surface area contributed by atoms with Gasteiger partial charge in [-0.2, -0.15) is 0 Å². The maximum absolute atomic E-state index is 11.6. The predicted octanol–water partition coefficient (Wildman–Crippen LogP) is 0.724. The molecule has 0 aromatic carbocycles. The number of nitrogens with one attached hydrogen (secondary N) is 1. The standard InChI is InChI=1S/C19H30N4O4/c1-2-25-14-19(24)21-6-3-15-11-20-12-17(22-15)18-13-23(7-10-27-18)16-4-8-26-9-5-16/h11-12,16,18H,2-10,13-14H2,1H3,(H,21,24). The molecular weight excluding hydrogens is 348 g/mol. The molecule has 0 saturated carbocycles. The zero-order chi connectivity index (χ0) is 18.9. The predicted molar refractivity (Wildman–Crippen MR) is 99.3 cm³/mol. The summed E-state index contributed by atoms with van der Waals surface area (Å²) in [7, 11) is 0. The third-order valence-electron chi connectivity index (χ3n) is 4.98. The second kappa shape index (κ2) is 10.7. The van der Waals surface area contributed by atoms with Gasteiger partial charge in [-0.3, -0.25) is 19.7 Å². The van der Waals surface area contributed by atoms with E-state index in [1.807, 2.05) is 6.92 Å². The number of aromatic nitrogens is 2. The molecule has 0 bridgehead atoms. The van der Waals surface area contributed by atoms with Crippen LogP contribution in [0.25, 0.3) is 0 Å². The number of carbonyl (C=O) groups excluding carboxylic acids is 1. The summed E-state index contributed by atoms with van der Waals surface area (Å²) in [6.07, 6.45) is 6.28. The Hall–Kier alpha value is -1.61. The second-order valence-electron chi connectivity index (χ2n) is 6.87. The fraction of sp³-hybridized carbons (Fsp3) is 0.737. The van der Waals surface area contributed by atoms with Crippen molar-refractivity contribution < 1.29 is 19.0 Å². The van der Waals surface area contributed by atoms with Crippen molar-refractivity contribution in [2.24, 2.45) is 0 Å². The first-order valence-corrected chi connectivity index (χ1v) is 9.85. The Kier molecular flexibility index (Phi) is 7.94. The Morgan fingerprint density at radius 2 is 2.19 bits per heavy atom. The van der Waals surface area contributed by atoms with Gasteiger partial charge in [0.25, 0.3) is 0 Å². The third-order valence-corrected chi connectivity index (χ3v) is 4.98. The molecule has 1 unspecified atom stereocenters. The normalized spacial score (nSPS) is 21.9. The lowest BCUT2D eigenvalue weighted by molar-refractivity contribution is -0.125. The molecule has 0 spiro atoms. The summed E-state index contributed by atoms with van der Waals surface area (Å²) in [6, 6.07) is 0.571. The summed E-state index contributed by atoms with van der Waals surface area (Å²) >= 11 is 0. The largest absolute Gasteiger partial charge is 0.381 e. The first-order valence-electron chi connectivity index (χ1n) is 9.85. The van der Waals surface area contributed by atoms with E-state index < -0.39 is 0 Å². The molecule has 2 fully saturated rings. The van der Waals surface area contributed by atoms with Crippen LogP contribution >= 0.6 is 0 Å². The highest BCUT2D eigenvalue weighted by atomic mass is 16.5. The lowest BCUT2D eigenvalue weighted by Crippen LogP contribution is -2.47. The van der Waals surface area contributed by atoms with Crippen molar-refractivity contribution in [3.8, 4) is 0 Å². The average molecular weight is 378 g/mol. The van der Waals surface area contributed by atoms with Gasteiger partial charge in [0.05, 0.1) is 24.2 Å². The van der Waals surface area contributed by atoms with Crippen molar-refractivity contribution >= 4 is 5.91 Å². The van der Waals surface area contributed by atoms with Crippen molar-refractivity contribution in [1.82, 2.24) is 20.2 Å². The van der Waals surface area contributed by atoms with E-state index in [-0.39, 0.29) is 18.6 Å². The van der Waals surface area contributed by atoms with Gasteiger partial charge in [-0.1, -0.05) is 0 Å². The molecule has 3 rings (SSSR count). The quantitative estimate of drug-likeness (QED) is 0.713. The molecule has 8 nitrogen and oxygen atoms in total. The zero-order valence-corrected chi connectivity index (χ0v) is 16.1. The smallest absolute Gasteiger partial charge is 0.246 e. The molecule has 2 aliphatic heterocycles. The van der Waals surface area contributed by atoms with E-state index in [1.54, 1.807) is 12.4 Å². The van der Waals surface area contributed by atoms with Crippen LogP contribution in [0.2, 0.25) is 0 Å². The molecule has 1 aromatic rings. The number of amides is 1. The molecule has 27 heavy (non-hydrogen) atoms. The SMILES string of the molecule is CCOCC(=O)NCCc1cncc(C2CN(C3CCOCC3)CCO2)n1. The van der Waals surface area contributed by atoms with Crippen molar-refractivity contribution in [3.05, 3.63) is 23.8 Å². The molecule has 2 aliphatic rings. The summed E-state index contributed by atoms with van der Waals surface area (Å²) in [5, 5.41) is 2.83. The number of nitrogens with zero attached hydrogens (tertiary/aromatic N) is 3. The summed E-state index contributed by atoms with van der Waals surface area (Å²) in [5.41, 5.74) is 1.72. The number of ether oxygens (including phenoxy) is 3. The highest BCUT2D eigenvalue weighted by Crippen LogP contribution is 2.24. The highest BCUT2D eigenvalue weighted by Gasteiger charge is 2.29. The van der Waals surface area contributed by atoms with Crippen LogP contribution in [0.1, 0.15) is 37.3 Å².